The number of nitrogens with two attached hydrogens (primary N) is 2. The Balaban J connectivity index is 2.84. The molecule has 1 aliphatic carbocycles. The average molecular weight is 209 g/mol. The number of rotatable bonds is 2. The van der Waals surface area contributed by atoms with Crippen molar-refractivity contribution >= 4 is 11.7 Å². The first-order chi connectivity index (χ1) is 6.91. The predicted octanol–water partition coefficient (Wildman–Crippen LogP) is -0.147. The first-order valence-corrected chi connectivity index (χ1v) is 5.31. The fourth-order valence-corrected chi connectivity index (χ4v) is 1.86. The maximum atomic E-state index is 5.28. The summed E-state index contributed by atoms with van der Waals surface area (Å²) in [5.74, 6) is 0.130. The summed E-state index contributed by atoms with van der Waals surface area (Å²) in [6, 6.07) is 0. The summed E-state index contributed by atoms with van der Waals surface area (Å²) in [7, 11) is 0. The van der Waals surface area contributed by atoms with Crippen LogP contribution < -0.4 is 16.6 Å². The lowest BCUT2D eigenvalue weighted by Gasteiger charge is -2.27. The molecule has 1 aliphatic rings. The zero-order valence-electron chi connectivity index (χ0n) is 9.80. The van der Waals surface area contributed by atoms with Crippen LogP contribution in [0.2, 0.25) is 0 Å². The van der Waals surface area contributed by atoms with E-state index in [1.165, 1.54) is 18.4 Å². The Morgan fingerprint density at radius 3 is 2.67 bits per heavy atom. The van der Waals surface area contributed by atoms with Crippen LogP contribution in [-0.2, 0) is 0 Å². The summed E-state index contributed by atoms with van der Waals surface area (Å²) in [5, 5.41) is 6.71. The van der Waals surface area contributed by atoms with E-state index in [9.17, 15) is 0 Å². The minimum Gasteiger partial charge on any atom is -0.289 e. The van der Waals surface area contributed by atoms with Crippen LogP contribution in [0.4, 0.5) is 0 Å². The van der Waals surface area contributed by atoms with Crippen molar-refractivity contribution in [2.45, 2.75) is 40.0 Å². The Morgan fingerprint density at radius 1 is 1.47 bits per heavy atom. The van der Waals surface area contributed by atoms with Crippen LogP contribution in [0, 0.1) is 5.41 Å². The molecule has 4 heteroatoms. The van der Waals surface area contributed by atoms with E-state index in [2.05, 4.69) is 30.1 Å². The Hall–Kier alpha value is -1.32. The molecule has 0 atom stereocenters. The minimum atomic E-state index is 0.130. The molecule has 0 radical (unpaired) electrons. The van der Waals surface area contributed by atoms with Crippen molar-refractivity contribution in [2.75, 3.05) is 0 Å². The molecule has 0 saturated carbocycles. The SMILES string of the molecule is C/C(=N\[NH+]=C(N)N)C1=CC(C)(C)CCC1. The highest BCUT2D eigenvalue weighted by atomic mass is 15.3. The lowest BCUT2D eigenvalue weighted by Crippen LogP contribution is -2.72. The van der Waals surface area contributed by atoms with Gasteiger partial charge in [-0.05, 0) is 37.2 Å². The molecule has 15 heavy (non-hydrogen) atoms. The molecule has 0 aromatic heterocycles. The zero-order chi connectivity index (χ0) is 11.5. The predicted molar refractivity (Wildman–Crippen MR) is 63.2 cm³/mol. The van der Waals surface area contributed by atoms with E-state index in [0.29, 0.717) is 0 Å². The highest BCUT2D eigenvalue weighted by Gasteiger charge is 2.21. The van der Waals surface area contributed by atoms with E-state index in [0.717, 1.165) is 12.1 Å². The molecule has 0 fully saturated rings. The second-order valence-corrected chi connectivity index (χ2v) is 4.78. The van der Waals surface area contributed by atoms with E-state index in [-0.39, 0.29) is 11.4 Å². The summed E-state index contributed by atoms with van der Waals surface area (Å²) in [6.07, 6.45) is 5.84. The topological polar surface area (TPSA) is 78.4 Å². The second-order valence-electron chi connectivity index (χ2n) is 4.78. The van der Waals surface area contributed by atoms with Crippen LogP contribution in [0.25, 0.3) is 0 Å². The van der Waals surface area contributed by atoms with E-state index >= 15 is 0 Å². The van der Waals surface area contributed by atoms with E-state index in [1.807, 2.05) is 6.92 Å². The van der Waals surface area contributed by atoms with Gasteiger partial charge in [0, 0.05) is 0 Å². The maximum Gasteiger partial charge on any atom is 0.362 e. The summed E-state index contributed by atoms with van der Waals surface area (Å²) in [4.78, 5) is 0. The Labute approximate surface area is 91.1 Å². The fraction of sp³-hybridized carbons (Fsp3) is 0.636. The molecule has 0 amide bonds. The normalized spacial score (nSPS) is 20.7. The van der Waals surface area contributed by atoms with Crippen LogP contribution in [0.3, 0.4) is 0 Å². The largest absolute Gasteiger partial charge is 0.362 e. The molecule has 0 heterocycles. The van der Waals surface area contributed by atoms with E-state index in [1.54, 1.807) is 0 Å². The van der Waals surface area contributed by atoms with Crippen molar-refractivity contribution < 1.29 is 5.10 Å². The van der Waals surface area contributed by atoms with E-state index < -0.39 is 0 Å². The highest BCUT2D eigenvalue weighted by Crippen LogP contribution is 2.33. The fourth-order valence-electron chi connectivity index (χ4n) is 1.86. The smallest absolute Gasteiger partial charge is 0.289 e. The molecule has 0 bridgehead atoms. The van der Waals surface area contributed by atoms with Crippen LogP contribution in [0.1, 0.15) is 40.0 Å². The molecule has 5 N–H and O–H groups in total. The lowest BCUT2D eigenvalue weighted by atomic mass is 9.79. The number of allylic oxidation sites excluding steroid dienone is 2. The number of guanidine groups is 1. The van der Waals surface area contributed by atoms with Gasteiger partial charge in [0.15, 0.2) is 0 Å². The standard InChI is InChI=1S/C11H20N4/c1-8(14-15-10(12)13)9-5-4-6-11(2,3)7-9/h7H,4-6H2,1-3H3,(H4,12,13,15)/p+1/b14-8+. The number of nitrogens with one attached hydrogen (secondary N) is 1. The van der Waals surface area contributed by atoms with Gasteiger partial charge in [-0.15, -0.1) is 5.10 Å². The van der Waals surface area contributed by atoms with Crippen LogP contribution in [0.5, 0.6) is 0 Å². The number of nitrogens with zero attached hydrogens (tertiary/aromatic N) is 1. The molecule has 0 aromatic carbocycles. The molecular formula is C11H21N4+. The van der Waals surface area contributed by atoms with Crippen molar-refractivity contribution in [1.29, 1.82) is 0 Å². The van der Waals surface area contributed by atoms with Gasteiger partial charge in [0.05, 0.1) is 5.71 Å². The molecule has 84 valence electrons. The highest BCUT2D eigenvalue weighted by molar-refractivity contribution is 5.98. The van der Waals surface area contributed by atoms with Gasteiger partial charge in [-0.3, -0.25) is 11.5 Å². The van der Waals surface area contributed by atoms with Gasteiger partial charge < -0.3 is 0 Å². The monoisotopic (exact) mass is 209 g/mol. The maximum absolute atomic E-state index is 5.28. The van der Waals surface area contributed by atoms with Crippen molar-refractivity contribution in [1.82, 2.24) is 0 Å². The molecule has 4 nitrogen and oxygen atoms in total. The van der Waals surface area contributed by atoms with E-state index in [4.69, 9.17) is 11.5 Å². The van der Waals surface area contributed by atoms with Crippen LogP contribution in [-0.4, -0.2) is 11.7 Å². The zero-order valence-corrected chi connectivity index (χ0v) is 9.80. The average Bonchev–Trinajstić information content (AvgIpc) is 2.12. The minimum absolute atomic E-state index is 0.130. The molecule has 1 rings (SSSR count). The second kappa shape index (κ2) is 4.47. The number of hydrogen-bond donors (Lipinski definition) is 3. The summed E-state index contributed by atoms with van der Waals surface area (Å²) >= 11 is 0. The van der Waals surface area contributed by atoms with Gasteiger partial charge in [0.1, 0.15) is 0 Å². The third kappa shape index (κ3) is 3.73. The van der Waals surface area contributed by atoms with Crippen molar-refractivity contribution in [2.24, 2.45) is 22.0 Å². The van der Waals surface area contributed by atoms with Gasteiger partial charge in [-0.2, -0.15) is 5.10 Å². The lowest BCUT2D eigenvalue weighted by molar-refractivity contribution is -0.464. The molecule has 0 saturated heterocycles. The molecular weight excluding hydrogens is 188 g/mol. The first-order valence-electron chi connectivity index (χ1n) is 5.31. The van der Waals surface area contributed by atoms with Crippen LogP contribution in [0.15, 0.2) is 16.8 Å². The summed E-state index contributed by atoms with van der Waals surface area (Å²) < 4.78 is 0. The third-order valence-electron chi connectivity index (χ3n) is 2.65. The van der Waals surface area contributed by atoms with Gasteiger partial charge in [-0.25, -0.2) is 0 Å². The molecule has 0 aromatic rings. The molecule has 0 spiro atoms. The Bertz CT molecular complexity index is 319. The van der Waals surface area contributed by atoms with Crippen LogP contribution >= 0.6 is 0 Å². The Kier molecular flexibility index (Phi) is 3.50. The van der Waals surface area contributed by atoms with Gasteiger partial charge in [-0.1, -0.05) is 19.9 Å². The molecule has 0 aliphatic heterocycles. The van der Waals surface area contributed by atoms with Crippen molar-refractivity contribution in [3.63, 3.8) is 0 Å². The summed E-state index contributed by atoms with van der Waals surface area (Å²) in [6.45, 7) is 6.47. The van der Waals surface area contributed by atoms with Gasteiger partial charge in [0.2, 0.25) is 0 Å². The number of hydrogen-bond acceptors (Lipinski definition) is 1. The van der Waals surface area contributed by atoms with Crippen molar-refractivity contribution in [3.05, 3.63) is 11.6 Å². The summed E-state index contributed by atoms with van der Waals surface area (Å²) in [5.41, 5.74) is 13.1. The molecule has 0 unspecified atom stereocenters. The number of hydrazone groups is 1. The van der Waals surface area contributed by atoms with Crippen molar-refractivity contribution in [3.8, 4) is 0 Å². The Morgan fingerprint density at radius 2 is 2.13 bits per heavy atom. The first kappa shape index (κ1) is 11.8. The van der Waals surface area contributed by atoms with Gasteiger partial charge >= 0.3 is 5.96 Å². The van der Waals surface area contributed by atoms with Gasteiger partial charge in [0.25, 0.3) is 0 Å². The quantitative estimate of drug-likeness (QED) is 0.336. The third-order valence-corrected chi connectivity index (χ3v) is 2.65.